The van der Waals surface area contributed by atoms with Gasteiger partial charge < -0.3 is 19.7 Å². The number of nitrogens with zero attached hydrogens (tertiary/aromatic N) is 5. The number of nitrogens with one attached hydrogen (secondary N) is 2. The van der Waals surface area contributed by atoms with E-state index < -0.39 is 39.4 Å². The maximum absolute atomic E-state index is 13.7. The second-order valence-electron chi connectivity index (χ2n) is 9.28. The van der Waals surface area contributed by atoms with E-state index in [9.17, 15) is 26.4 Å². The Balaban J connectivity index is 1.71. The quantitative estimate of drug-likeness (QED) is 0.374. The van der Waals surface area contributed by atoms with Gasteiger partial charge in [0.1, 0.15) is 12.2 Å². The van der Waals surface area contributed by atoms with Crippen LogP contribution in [0.2, 0.25) is 0 Å². The smallest absolute Gasteiger partial charge is 0.335 e. The van der Waals surface area contributed by atoms with Crippen LogP contribution in [-0.4, -0.2) is 92.6 Å². The molecule has 0 bridgehead atoms. The summed E-state index contributed by atoms with van der Waals surface area (Å²) in [4.78, 5) is 15.1. The molecule has 0 radical (unpaired) electrons. The van der Waals surface area contributed by atoms with Crippen molar-refractivity contribution < 1.29 is 31.1 Å². The highest BCUT2D eigenvalue weighted by Crippen LogP contribution is 2.34. The van der Waals surface area contributed by atoms with Crippen LogP contribution < -0.4 is 20.6 Å². The number of sulfonamides is 1. The number of methoxy groups -OCH3 is 1. The molecule has 2 fully saturated rings. The summed E-state index contributed by atoms with van der Waals surface area (Å²) in [5.41, 5.74) is -1.05. The topological polar surface area (TPSA) is 133 Å². The number of benzene rings is 1. The average molecular weight is 578 g/mol. The van der Waals surface area contributed by atoms with Crippen LogP contribution in [0, 0.1) is 0 Å². The van der Waals surface area contributed by atoms with Gasteiger partial charge in [0.15, 0.2) is 5.01 Å². The lowest BCUT2D eigenvalue weighted by atomic mass is 10.0. The molecule has 2 aromatic heterocycles. The third kappa shape index (κ3) is 4.71. The van der Waals surface area contributed by atoms with Gasteiger partial charge in [0, 0.05) is 39.8 Å². The Hall–Kier alpha value is -2.57. The molecule has 0 spiro atoms. The summed E-state index contributed by atoms with van der Waals surface area (Å²) < 4.78 is 82.2. The number of aryl methyl sites for hydroxylation is 1. The fourth-order valence-electron chi connectivity index (χ4n) is 4.64. The number of halogens is 3. The van der Waals surface area contributed by atoms with Gasteiger partial charge in [-0.3, -0.25) is 4.57 Å². The zero-order valence-corrected chi connectivity index (χ0v) is 22.1. The van der Waals surface area contributed by atoms with E-state index in [2.05, 4.69) is 20.2 Å². The Bertz CT molecular complexity index is 1500. The van der Waals surface area contributed by atoms with E-state index in [4.69, 9.17) is 9.47 Å². The Labute approximate surface area is 219 Å². The zero-order valence-electron chi connectivity index (χ0n) is 20.5. The van der Waals surface area contributed by atoms with Crippen molar-refractivity contribution in [2.45, 2.75) is 22.9 Å². The van der Waals surface area contributed by atoms with Gasteiger partial charge in [0.2, 0.25) is 15.2 Å². The summed E-state index contributed by atoms with van der Waals surface area (Å²) in [5.74, 6) is 0. The molecule has 208 valence electrons. The Kier molecular flexibility index (Phi) is 7.25. The minimum absolute atomic E-state index is 0.0694. The van der Waals surface area contributed by atoms with Gasteiger partial charge in [-0.1, -0.05) is 11.3 Å². The number of imidazole rings is 1. The molecule has 0 amide bonds. The van der Waals surface area contributed by atoms with Crippen molar-refractivity contribution in [1.82, 2.24) is 29.4 Å². The predicted molar refractivity (Wildman–Crippen MR) is 133 cm³/mol. The molecule has 12 nitrogen and oxygen atoms in total. The number of hydrogen-bond acceptors (Lipinski definition) is 10. The molecular weight excluding hydrogens is 551 g/mol. The Morgan fingerprint density at radius 1 is 1.34 bits per heavy atom. The first-order valence-corrected chi connectivity index (χ1v) is 13.9. The first-order valence-electron chi connectivity index (χ1n) is 11.6. The lowest BCUT2D eigenvalue weighted by molar-refractivity contribution is -0.0725. The lowest BCUT2D eigenvalue weighted by Gasteiger charge is -2.39. The van der Waals surface area contributed by atoms with Crippen molar-refractivity contribution in [3.05, 3.63) is 27.6 Å². The summed E-state index contributed by atoms with van der Waals surface area (Å²) in [6, 6.07) is 2.62. The Morgan fingerprint density at radius 2 is 2.11 bits per heavy atom. The van der Waals surface area contributed by atoms with Crippen LogP contribution in [0.1, 0.15) is 11.4 Å². The van der Waals surface area contributed by atoms with Crippen molar-refractivity contribution in [1.29, 1.82) is 0 Å². The molecule has 0 saturated carbocycles. The van der Waals surface area contributed by atoms with Crippen molar-refractivity contribution in [2.24, 2.45) is 7.05 Å². The van der Waals surface area contributed by atoms with Gasteiger partial charge in [-0.2, -0.15) is 4.72 Å². The Morgan fingerprint density at radius 3 is 2.71 bits per heavy atom. The van der Waals surface area contributed by atoms with Gasteiger partial charge in [0.25, 0.3) is 6.43 Å². The van der Waals surface area contributed by atoms with Crippen LogP contribution in [-0.2, 0) is 26.5 Å². The summed E-state index contributed by atoms with van der Waals surface area (Å²) in [6.07, 6.45) is -2.89. The van der Waals surface area contributed by atoms with Crippen LogP contribution >= 0.6 is 11.3 Å². The van der Waals surface area contributed by atoms with Crippen LogP contribution in [0.3, 0.4) is 0 Å². The zero-order chi connectivity index (χ0) is 27.2. The number of ether oxygens (including phenoxy) is 2. The molecule has 1 atom stereocenters. The van der Waals surface area contributed by atoms with Gasteiger partial charge in [-0.25, -0.2) is 31.0 Å². The van der Waals surface area contributed by atoms with Crippen LogP contribution in [0.25, 0.3) is 16.2 Å². The molecule has 0 aliphatic carbocycles. The van der Waals surface area contributed by atoms with E-state index in [0.29, 0.717) is 48.8 Å². The molecule has 5 rings (SSSR count). The molecule has 4 heterocycles. The molecule has 17 heteroatoms. The molecular formula is C21H26F3N7O5S2. The number of alkyl halides is 3. The van der Waals surface area contributed by atoms with E-state index in [1.807, 2.05) is 4.90 Å². The third-order valence-electron chi connectivity index (χ3n) is 6.54. The predicted octanol–water partition coefficient (Wildman–Crippen LogP) is 0.560. The van der Waals surface area contributed by atoms with Gasteiger partial charge in [0.05, 0.1) is 41.4 Å². The highest BCUT2D eigenvalue weighted by molar-refractivity contribution is 7.89. The van der Waals surface area contributed by atoms with Crippen LogP contribution in [0.4, 0.5) is 18.9 Å². The molecule has 2 aliphatic heterocycles. The second kappa shape index (κ2) is 10.2. The van der Waals surface area contributed by atoms with Crippen molar-refractivity contribution in [3.8, 4) is 5.13 Å². The molecule has 2 aliphatic rings. The molecule has 1 aromatic carbocycles. The van der Waals surface area contributed by atoms with E-state index in [-0.39, 0.29) is 34.8 Å². The maximum Gasteiger partial charge on any atom is 0.335 e. The lowest BCUT2D eigenvalue weighted by Crippen LogP contribution is -2.63. The number of hydrogen-bond donors (Lipinski definition) is 2. The normalized spacial score (nSPS) is 19.8. The SMILES string of the molecule is COC[C@@H]1CN(c2cc(S(=O)(=O)NC3(CF)COC3)cc3c2n(C)c(=O)n3-c2nnc(C(F)F)s2)CCN1. The van der Waals surface area contributed by atoms with Crippen molar-refractivity contribution in [2.75, 3.05) is 58.1 Å². The maximum atomic E-state index is 13.7. The summed E-state index contributed by atoms with van der Waals surface area (Å²) in [7, 11) is -1.22. The van der Waals surface area contributed by atoms with E-state index >= 15 is 0 Å². The van der Waals surface area contributed by atoms with Gasteiger partial charge >= 0.3 is 5.69 Å². The minimum atomic E-state index is -4.29. The monoisotopic (exact) mass is 577 g/mol. The third-order valence-corrected chi connectivity index (χ3v) is 9.02. The largest absolute Gasteiger partial charge is 0.383 e. The van der Waals surface area contributed by atoms with Gasteiger partial charge in [-0.15, -0.1) is 10.2 Å². The number of fused-ring (bicyclic) bond motifs is 1. The second-order valence-corrected chi connectivity index (χ2v) is 11.9. The average Bonchev–Trinajstić information content (AvgIpc) is 3.44. The fourth-order valence-corrected chi connectivity index (χ4v) is 6.74. The van der Waals surface area contributed by atoms with Crippen molar-refractivity contribution in [3.63, 3.8) is 0 Å². The standard InChI is InChI=1S/C21H26F3N7O5S2/c1-29-16-14(30-4-3-25-12(7-30)8-35-2)5-13(38(33,34)28-21(9-22)10-36-11-21)6-15(16)31(20(29)32)19-27-26-18(37-19)17(23)24/h5-6,12,17,25,28H,3-4,7-11H2,1-2H3/t12-/m0/s1. The first-order chi connectivity index (χ1) is 18.1. The number of anilines is 1. The highest BCUT2D eigenvalue weighted by atomic mass is 32.2. The number of rotatable bonds is 9. The molecule has 2 N–H and O–H groups in total. The molecule has 0 unspecified atom stereocenters. The van der Waals surface area contributed by atoms with Crippen LogP contribution in [0.5, 0.6) is 0 Å². The number of piperazine rings is 1. The van der Waals surface area contributed by atoms with Crippen LogP contribution in [0.15, 0.2) is 21.8 Å². The fraction of sp³-hybridized carbons (Fsp3) is 0.571. The number of aromatic nitrogens is 4. The highest BCUT2D eigenvalue weighted by Gasteiger charge is 2.43. The summed E-state index contributed by atoms with van der Waals surface area (Å²) in [6.45, 7) is 0.694. The van der Waals surface area contributed by atoms with E-state index in [1.54, 1.807) is 7.11 Å². The molecule has 38 heavy (non-hydrogen) atoms. The summed E-state index contributed by atoms with van der Waals surface area (Å²) >= 11 is 0.531. The minimum Gasteiger partial charge on any atom is -0.383 e. The van der Waals surface area contributed by atoms with Gasteiger partial charge in [-0.05, 0) is 12.1 Å². The van der Waals surface area contributed by atoms with E-state index in [0.717, 1.165) is 4.57 Å². The van der Waals surface area contributed by atoms with E-state index in [1.165, 1.54) is 23.7 Å². The molecule has 3 aromatic rings. The first kappa shape index (κ1) is 27.0. The molecule has 2 saturated heterocycles. The summed E-state index contributed by atoms with van der Waals surface area (Å²) in [5, 5.41) is 9.85. The van der Waals surface area contributed by atoms with Crippen molar-refractivity contribution >= 4 is 38.1 Å².